The summed E-state index contributed by atoms with van der Waals surface area (Å²) < 4.78 is 5.87. The fraction of sp³-hybridized carbons (Fsp3) is 0. The van der Waals surface area contributed by atoms with Crippen molar-refractivity contribution in [2.75, 3.05) is 11.1 Å². The Morgan fingerprint density at radius 2 is 1.62 bits per heavy atom. The predicted molar refractivity (Wildman–Crippen MR) is 94.1 cm³/mol. The van der Waals surface area contributed by atoms with Crippen molar-refractivity contribution in [3.05, 3.63) is 78.4 Å². The number of para-hydroxylation sites is 3. The first-order valence-electron chi connectivity index (χ1n) is 7.35. The molecule has 0 unspecified atom stereocenters. The Labute approximate surface area is 139 Å². The molecule has 0 aromatic heterocycles. The highest BCUT2D eigenvalue weighted by atomic mass is 16.5. The zero-order chi connectivity index (χ0) is 16.9. The standard InChI is InChI=1S/C19H16N2O3/c20-13-10-11-16(15(12-13)19(22)23)21-17-8-4-5-9-18(17)24-14-6-2-1-3-7-14/h1-12,21H,20H2,(H,22,23). The molecule has 0 aliphatic carbocycles. The van der Waals surface area contributed by atoms with Gasteiger partial charge in [0, 0.05) is 5.69 Å². The third-order valence-electron chi connectivity index (χ3n) is 3.40. The van der Waals surface area contributed by atoms with E-state index in [2.05, 4.69) is 5.32 Å². The molecule has 3 rings (SSSR count). The van der Waals surface area contributed by atoms with Crippen LogP contribution in [0.4, 0.5) is 17.1 Å². The summed E-state index contributed by atoms with van der Waals surface area (Å²) in [6.07, 6.45) is 0. The van der Waals surface area contributed by atoms with E-state index in [1.807, 2.05) is 54.6 Å². The molecule has 0 aliphatic heterocycles. The monoisotopic (exact) mass is 320 g/mol. The van der Waals surface area contributed by atoms with Crippen molar-refractivity contribution >= 4 is 23.0 Å². The van der Waals surface area contributed by atoms with Crippen LogP contribution < -0.4 is 15.8 Å². The summed E-state index contributed by atoms with van der Waals surface area (Å²) >= 11 is 0. The van der Waals surface area contributed by atoms with E-state index >= 15 is 0 Å². The maximum Gasteiger partial charge on any atom is 0.337 e. The Balaban J connectivity index is 1.93. The number of aromatic carboxylic acids is 1. The quantitative estimate of drug-likeness (QED) is 0.603. The molecule has 0 bridgehead atoms. The molecule has 3 aromatic carbocycles. The zero-order valence-corrected chi connectivity index (χ0v) is 12.8. The van der Waals surface area contributed by atoms with Gasteiger partial charge in [0.25, 0.3) is 0 Å². The largest absolute Gasteiger partial charge is 0.478 e. The lowest BCUT2D eigenvalue weighted by molar-refractivity contribution is 0.0698. The molecule has 24 heavy (non-hydrogen) atoms. The van der Waals surface area contributed by atoms with Crippen LogP contribution in [0.25, 0.3) is 0 Å². The van der Waals surface area contributed by atoms with Crippen molar-refractivity contribution in [2.45, 2.75) is 0 Å². The van der Waals surface area contributed by atoms with Gasteiger partial charge in [-0.15, -0.1) is 0 Å². The lowest BCUT2D eigenvalue weighted by Crippen LogP contribution is -2.04. The van der Waals surface area contributed by atoms with Gasteiger partial charge >= 0.3 is 5.97 Å². The SMILES string of the molecule is Nc1ccc(Nc2ccccc2Oc2ccccc2)c(C(=O)O)c1. The van der Waals surface area contributed by atoms with Gasteiger partial charge in [0.15, 0.2) is 5.75 Å². The number of hydrogen-bond acceptors (Lipinski definition) is 4. The van der Waals surface area contributed by atoms with Gasteiger partial charge in [-0.05, 0) is 42.5 Å². The summed E-state index contributed by atoms with van der Waals surface area (Å²) in [5.41, 5.74) is 7.28. The highest BCUT2D eigenvalue weighted by molar-refractivity contribution is 5.96. The first kappa shape index (κ1) is 15.4. The van der Waals surface area contributed by atoms with Gasteiger partial charge in [0.05, 0.1) is 16.9 Å². The second-order valence-corrected chi connectivity index (χ2v) is 5.15. The second kappa shape index (κ2) is 6.75. The first-order chi connectivity index (χ1) is 11.6. The average Bonchev–Trinajstić information content (AvgIpc) is 2.59. The summed E-state index contributed by atoms with van der Waals surface area (Å²) in [7, 11) is 0. The highest BCUT2D eigenvalue weighted by Crippen LogP contribution is 2.32. The van der Waals surface area contributed by atoms with Gasteiger partial charge in [-0.25, -0.2) is 4.79 Å². The first-order valence-corrected chi connectivity index (χ1v) is 7.35. The van der Waals surface area contributed by atoms with Crippen LogP contribution in [0.2, 0.25) is 0 Å². The number of ether oxygens (including phenoxy) is 1. The molecule has 0 aliphatic rings. The van der Waals surface area contributed by atoms with Crippen LogP contribution in [0.3, 0.4) is 0 Å². The van der Waals surface area contributed by atoms with Gasteiger partial charge in [-0.1, -0.05) is 30.3 Å². The van der Waals surface area contributed by atoms with E-state index < -0.39 is 5.97 Å². The molecule has 0 saturated heterocycles. The van der Waals surface area contributed by atoms with E-state index in [1.165, 1.54) is 6.07 Å². The zero-order valence-electron chi connectivity index (χ0n) is 12.8. The van der Waals surface area contributed by atoms with Crippen LogP contribution in [-0.2, 0) is 0 Å². The molecule has 0 atom stereocenters. The van der Waals surface area contributed by atoms with E-state index in [9.17, 15) is 9.90 Å². The van der Waals surface area contributed by atoms with Crippen LogP contribution in [0, 0.1) is 0 Å². The molecule has 0 fully saturated rings. The van der Waals surface area contributed by atoms with Gasteiger partial charge < -0.3 is 20.9 Å². The van der Waals surface area contributed by atoms with Crippen molar-refractivity contribution < 1.29 is 14.6 Å². The minimum absolute atomic E-state index is 0.101. The maximum atomic E-state index is 11.4. The molecule has 0 heterocycles. The van der Waals surface area contributed by atoms with E-state index in [-0.39, 0.29) is 5.56 Å². The number of carboxylic acids is 1. The number of anilines is 3. The molecule has 0 spiro atoms. The summed E-state index contributed by atoms with van der Waals surface area (Å²) in [5.74, 6) is 0.241. The van der Waals surface area contributed by atoms with Crippen LogP contribution in [0.5, 0.6) is 11.5 Å². The lowest BCUT2D eigenvalue weighted by Gasteiger charge is -2.14. The smallest absolute Gasteiger partial charge is 0.337 e. The number of carbonyl (C=O) groups is 1. The summed E-state index contributed by atoms with van der Waals surface area (Å²) in [4.78, 5) is 11.4. The van der Waals surface area contributed by atoms with Crippen LogP contribution in [0.1, 0.15) is 10.4 Å². The molecule has 0 amide bonds. The molecule has 0 radical (unpaired) electrons. The molecule has 5 heteroatoms. The second-order valence-electron chi connectivity index (χ2n) is 5.15. The summed E-state index contributed by atoms with van der Waals surface area (Å²) in [6, 6.07) is 21.4. The number of rotatable bonds is 5. The lowest BCUT2D eigenvalue weighted by atomic mass is 10.1. The topological polar surface area (TPSA) is 84.6 Å². The van der Waals surface area contributed by atoms with E-state index in [1.54, 1.807) is 12.1 Å². The number of benzene rings is 3. The Hall–Kier alpha value is -3.47. The van der Waals surface area contributed by atoms with Crippen LogP contribution >= 0.6 is 0 Å². The van der Waals surface area contributed by atoms with Gasteiger partial charge in [0.1, 0.15) is 5.75 Å². The number of nitrogens with two attached hydrogens (primary N) is 1. The van der Waals surface area contributed by atoms with E-state index in [0.717, 1.165) is 0 Å². The molecular formula is C19H16N2O3. The van der Waals surface area contributed by atoms with E-state index in [4.69, 9.17) is 10.5 Å². The minimum atomic E-state index is -1.05. The number of carboxylic acid groups (broad SMARTS) is 1. The van der Waals surface area contributed by atoms with Gasteiger partial charge in [0.2, 0.25) is 0 Å². The van der Waals surface area contributed by atoms with Crippen molar-refractivity contribution in [1.82, 2.24) is 0 Å². The fourth-order valence-corrected chi connectivity index (χ4v) is 2.27. The Morgan fingerprint density at radius 1 is 0.917 bits per heavy atom. The average molecular weight is 320 g/mol. The van der Waals surface area contributed by atoms with Crippen molar-refractivity contribution in [1.29, 1.82) is 0 Å². The highest BCUT2D eigenvalue weighted by Gasteiger charge is 2.12. The molecule has 120 valence electrons. The Morgan fingerprint density at radius 3 is 2.38 bits per heavy atom. The van der Waals surface area contributed by atoms with E-state index in [0.29, 0.717) is 28.6 Å². The minimum Gasteiger partial charge on any atom is -0.478 e. The third kappa shape index (κ3) is 3.47. The molecular weight excluding hydrogens is 304 g/mol. The van der Waals surface area contributed by atoms with Crippen LogP contribution in [0.15, 0.2) is 72.8 Å². The van der Waals surface area contributed by atoms with Gasteiger partial charge in [-0.3, -0.25) is 0 Å². The van der Waals surface area contributed by atoms with Crippen LogP contribution in [-0.4, -0.2) is 11.1 Å². The normalized spacial score (nSPS) is 10.2. The fourth-order valence-electron chi connectivity index (χ4n) is 2.27. The molecule has 3 aromatic rings. The Kier molecular flexibility index (Phi) is 4.34. The molecule has 4 N–H and O–H groups in total. The van der Waals surface area contributed by atoms with Crippen molar-refractivity contribution in [3.8, 4) is 11.5 Å². The van der Waals surface area contributed by atoms with Gasteiger partial charge in [-0.2, -0.15) is 0 Å². The van der Waals surface area contributed by atoms with Crippen molar-refractivity contribution in [2.24, 2.45) is 0 Å². The Bertz CT molecular complexity index is 863. The number of hydrogen-bond donors (Lipinski definition) is 3. The van der Waals surface area contributed by atoms with Crippen molar-refractivity contribution in [3.63, 3.8) is 0 Å². The summed E-state index contributed by atoms with van der Waals surface area (Å²) in [5, 5.41) is 12.5. The third-order valence-corrected chi connectivity index (χ3v) is 3.40. The summed E-state index contributed by atoms with van der Waals surface area (Å²) in [6.45, 7) is 0. The number of nitrogens with one attached hydrogen (secondary N) is 1. The number of nitrogen functional groups attached to an aromatic ring is 1. The maximum absolute atomic E-state index is 11.4. The molecule has 5 nitrogen and oxygen atoms in total. The predicted octanol–water partition coefficient (Wildman–Crippen LogP) is 4.50. The molecule has 0 saturated carbocycles.